The van der Waals surface area contributed by atoms with Crippen molar-refractivity contribution in [3.63, 3.8) is 0 Å². The van der Waals surface area contributed by atoms with Gasteiger partial charge in [0, 0.05) is 6.54 Å². The molecule has 0 aliphatic rings. The first-order chi connectivity index (χ1) is 14.6. The number of carbonyl (C=O) groups is 1. The van der Waals surface area contributed by atoms with Crippen molar-refractivity contribution in [2.24, 2.45) is 5.73 Å². The lowest BCUT2D eigenvalue weighted by Gasteiger charge is -2.05. The Bertz CT molecular complexity index is 765. The third-order valence-electron chi connectivity index (χ3n) is 5.35. The second-order valence-electron chi connectivity index (χ2n) is 7.93. The number of imidazole rings is 1. The highest BCUT2D eigenvalue weighted by atomic mass is 19.1. The van der Waals surface area contributed by atoms with Gasteiger partial charge in [-0.3, -0.25) is 0 Å². The summed E-state index contributed by atoms with van der Waals surface area (Å²) in [5, 5.41) is 0. The number of carbonyl (C=O) groups excluding carboxylic acids is 1. The zero-order valence-corrected chi connectivity index (χ0v) is 18.2. The van der Waals surface area contributed by atoms with Crippen molar-refractivity contribution in [1.29, 1.82) is 0 Å². The minimum absolute atomic E-state index is 0.237. The van der Waals surface area contributed by atoms with Crippen LogP contribution in [0.1, 0.15) is 96.8 Å². The van der Waals surface area contributed by atoms with Crippen molar-refractivity contribution in [3.05, 3.63) is 12.4 Å². The molecule has 0 atom stereocenters. The number of hydrogen-bond donors (Lipinski definition) is 1. The molecule has 2 aromatic rings. The fourth-order valence-electron chi connectivity index (χ4n) is 3.70. The van der Waals surface area contributed by atoms with Gasteiger partial charge in [-0.15, -0.1) is 0 Å². The SMILES string of the molecule is CCCCCCCCCCCCCCCCn1cnc2c(OC(N)=O)nc(F)nc21. The minimum Gasteiger partial charge on any atom is -0.389 e. The van der Waals surface area contributed by atoms with Gasteiger partial charge in [-0.05, 0) is 6.42 Å². The smallest absolute Gasteiger partial charge is 0.389 e. The van der Waals surface area contributed by atoms with Crippen LogP contribution < -0.4 is 10.5 Å². The molecule has 2 heterocycles. The molecule has 1 amide bonds. The van der Waals surface area contributed by atoms with Gasteiger partial charge in [0.15, 0.2) is 11.2 Å². The van der Waals surface area contributed by atoms with E-state index in [4.69, 9.17) is 10.5 Å². The summed E-state index contributed by atoms with van der Waals surface area (Å²) in [7, 11) is 0. The molecule has 0 unspecified atom stereocenters. The lowest BCUT2D eigenvalue weighted by Crippen LogP contribution is -2.17. The maximum Gasteiger partial charge on any atom is 0.411 e. The Labute approximate surface area is 178 Å². The third kappa shape index (κ3) is 8.63. The molecule has 2 aromatic heterocycles. The molecule has 0 bridgehead atoms. The Hall–Kier alpha value is -2.25. The first-order valence-corrected chi connectivity index (χ1v) is 11.5. The topological polar surface area (TPSA) is 95.9 Å². The Morgan fingerprint density at radius 1 is 0.933 bits per heavy atom. The van der Waals surface area contributed by atoms with Crippen LogP contribution in [-0.2, 0) is 6.54 Å². The summed E-state index contributed by atoms with van der Waals surface area (Å²) >= 11 is 0. The lowest BCUT2D eigenvalue weighted by atomic mass is 10.0. The number of nitrogens with two attached hydrogens (primary N) is 1. The predicted molar refractivity (Wildman–Crippen MR) is 116 cm³/mol. The summed E-state index contributed by atoms with van der Waals surface area (Å²) in [6, 6.07) is 0. The molecule has 0 saturated heterocycles. The van der Waals surface area contributed by atoms with Crippen molar-refractivity contribution >= 4 is 17.3 Å². The van der Waals surface area contributed by atoms with Crippen molar-refractivity contribution in [2.75, 3.05) is 0 Å². The van der Waals surface area contributed by atoms with E-state index in [1.54, 1.807) is 10.9 Å². The van der Waals surface area contributed by atoms with Crippen LogP contribution in [0.25, 0.3) is 11.2 Å². The van der Waals surface area contributed by atoms with E-state index in [-0.39, 0.29) is 11.4 Å². The number of rotatable bonds is 16. The van der Waals surface area contributed by atoms with Gasteiger partial charge in [0.2, 0.25) is 0 Å². The Kier molecular flexibility index (Phi) is 11.1. The molecule has 8 heteroatoms. The number of nitrogens with zero attached hydrogens (tertiary/aromatic N) is 4. The van der Waals surface area contributed by atoms with Gasteiger partial charge in [0.05, 0.1) is 6.33 Å². The fourth-order valence-corrected chi connectivity index (χ4v) is 3.70. The van der Waals surface area contributed by atoms with Gasteiger partial charge in [0.1, 0.15) is 0 Å². The zero-order valence-electron chi connectivity index (χ0n) is 18.2. The fraction of sp³-hybridized carbons (Fsp3) is 0.727. The summed E-state index contributed by atoms with van der Waals surface area (Å²) in [6.45, 7) is 2.94. The van der Waals surface area contributed by atoms with E-state index in [0.29, 0.717) is 12.2 Å². The van der Waals surface area contributed by atoms with Crippen LogP contribution in [0.5, 0.6) is 5.88 Å². The van der Waals surface area contributed by atoms with Crippen molar-refractivity contribution in [3.8, 4) is 5.88 Å². The second kappa shape index (κ2) is 13.9. The number of primary amides is 1. The Balaban J connectivity index is 1.57. The monoisotopic (exact) mass is 421 g/mol. The van der Waals surface area contributed by atoms with Gasteiger partial charge in [0.25, 0.3) is 5.88 Å². The molecule has 0 aromatic carbocycles. The molecule has 0 aliphatic heterocycles. The van der Waals surface area contributed by atoms with E-state index >= 15 is 0 Å². The average Bonchev–Trinajstić information content (AvgIpc) is 3.10. The van der Waals surface area contributed by atoms with Crippen LogP contribution in [0.2, 0.25) is 0 Å². The van der Waals surface area contributed by atoms with E-state index < -0.39 is 12.2 Å². The van der Waals surface area contributed by atoms with Crippen molar-refractivity contribution in [2.45, 2.75) is 103 Å². The minimum atomic E-state index is -1.06. The number of unbranched alkanes of at least 4 members (excludes halogenated alkanes) is 13. The number of aromatic nitrogens is 4. The second-order valence-corrected chi connectivity index (χ2v) is 7.93. The molecule has 0 saturated carbocycles. The Morgan fingerprint density at radius 2 is 1.47 bits per heavy atom. The normalized spacial score (nSPS) is 11.3. The van der Waals surface area contributed by atoms with E-state index in [9.17, 15) is 9.18 Å². The number of hydrogen-bond acceptors (Lipinski definition) is 5. The van der Waals surface area contributed by atoms with Crippen LogP contribution >= 0.6 is 0 Å². The number of fused-ring (bicyclic) bond motifs is 1. The van der Waals surface area contributed by atoms with Gasteiger partial charge >= 0.3 is 12.2 Å². The largest absolute Gasteiger partial charge is 0.411 e. The summed E-state index contributed by atoms with van der Waals surface area (Å²) in [5.41, 5.74) is 5.54. The number of ether oxygens (including phenoxy) is 1. The van der Waals surface area contributed by atoms with E-state index in [2.05, 4.69) is 21.9 Å². The standard InChI is InChI=1S/C22H36FN5O2/c1-2-3-4-5-6-7-8-9-10-11-12-13-14-15-16-28-17-25-18-19(28)26-21(23)27-20(18)30-22(24)29/h17H,2-16H2,1H3,(H2,24,29). The maximum absolute atomic E-state index is 13.6. The average molecular weight is 422 g/mol. The highest BCUT2D eigenvalue weighted by Crippen LogP contribution is 2.21. The van der Waals surface area contributed by atoms with Gasteiger partial charge in [-0.25, -0.2) is 9.78 Å². The predicted octanol–water partition coefficient (Wildman–Crippen LogP) is 5.90. The summed E-state index contributed by atoms with van der Waals surface area (Å²) in [5.74, 6) is -0.246. The quantitative estimate of drug-likeness (QED) is 0.269. The van der Waals surface area contributed by atoms with Crippen LogP contribution in [0.4, 0.5) is 9.18 Å². The summed E-state index contributed by atoms with van der Waals surface area (Å²) in [4.78, 5) is 22.3. The van der Waals surface area contributed by atoms with Gasteiger partial charge in [-0.1, -0.05) is 90.4 Å². The van der Waals surface area contributed by atoms with Gasteiger partial charge in [-0.2, -0.15) is 14.4 Å². The summed E-state index contributed by atoms with van der Waals surface area (Å²) in [6.07, 6.45) is 17.7. The lowest BCUT2D eigenvalue weighted by molar-refractivity contribution is 0.209. The molecule has 2 rings (SSSR count). The molecule has 168 valence electrons. The molecule has 0 radical (unpaired) electrons. The van der Waals surface area contributed by atoms with Crippen LogP contribution in [-0.4, -0.2) is 25.6 Å². The molecule has 7 nitrogen and oxygen atoms in total. The molecular weight excluding hydrogens is 385 g/mol. The highest BCUT2D eigenvalue weighted by Gasteiger charge is 2.16. The Morgan fingerprint density at radius 3 is 2.00 bits per heavy atom. The molecule has 0 fully saturated rings. The highest BCUT2D eigenvalue weighted by molar-refractivity contribution is 5.79. The van der Waals surface area contributed by atoms with E-state index in [0.717, 1.165) is 12.8 Å². The number of amides is 1. The van der Waals surface area contributed by atoms with E-state index in [1.807, 2.05) is 0 Å². The summed E-state index contributed by atoms with van der Waals surface area (Å²) < 4.78 is 20.1. The molecule has 30 heavy (non-hydrogen) atoms. The molecule has 0 aliphatic carbocycles. The first kappa shape index (κ1) is 24.0. The van der Waals surface area contributed by atoms with Crippen molar-refractivity contribution < 1.29 is 13.9 Å². The molecule has 2 N–H and O–H groups in total. The van der Waals surface area contributed by atoms with Crippen LogP contribution in [0.3, 0.4) is 0 Å². The number of aryl methyl sites for hydroxylation is 1. The molecular formula is C22H36FN5O2. The van der Waals surface area contributed by atoms with Crippen LogP contribution in [0, 0.1) is 6.08 Å². The van der Waals surface area contributed by atoms with E-state index in [1.165, 1.54) is 77.0 Å². The number of halogens is 1. The third-order valence-corrected chi connectivity index (χ3v) is 5.35. The maximum atomic E-state index is 13.6. The zero-order chi connectivity index (χ0) is 21.6. The van der Waals surface area contributed by atoms with Gasteiger partial charge < -0.3 is 15.0 Å². The first-order valence-electron chi connectivity index (χ1n) is 11.5. The molecule has 0 spiro atoms. The van der Waals surface area contributed by atoms with Crippen LogP contribution in [0.15, 0.2) is 6.33 Å². The van der Waals surface area contributed by atoms with Crippen molar-refractivity contribution in [1.82, 2.24) is 19.5 Å².